The van der Waals surface area contributed by atoms with Crippen LogP contribution in [-0.2, 0) is 16.0 Å². The van der Waals surface area contributed by atoms with E-state index in [1.807, 2.05) is 18.2 Å². The van der Waals surface area contributed by atoms with E-state index in [-0.39, 0.29) is 24.5 Å². The third-order valence-electron chi connectivity index (χ3n) is 8.32. The van der Waals surface area contributed by atoms with Gasteiger partial charge in [0.15, 0.2) is 6.61 Å². The minimum Gasteiger partial charge on any atom is -0.484 e. The van der Waals surface area contributed by atoms with Crippen molar-refractivity contribution in [3.05, 3.63) is 35.4 Å². The number of nitrogens with one attached hydrogen (secondary N) is 1. The summed E-state index contributed by atoms with van der Waals surface area (Å²) in [4.78, 5) is 29.8. The van der Waals surface area contributed by atoms with E-state index >= 15 is 0 Å². The standard InChI is InChI=1S/C26H33N3O3/c30-24-9-7-17-6-8-21(14-22(17)27-24)32-16-25(31)29-11-3-4-18-12-19-13-20(26(18)29)15-28-10-2-1-5-23(19)28/h6,8,12,14,19-20,23,26H,1-5,7,9-11,13,15-16H2,(H,27,30). The van der Waals surface area contributed by atoms with Gasteiger partial charge >= 0.3 is 0 Å². The zero-order valence-corrected chi connectivity index (χ0v) is 18.7. The van der Waals surface area contributed by atoms with Crippen LogP contribution >= 0.6 is 0 Å². The van der Waals surface area contributed by atoms with Crippen molar-refractivity contribution in [2.24, 2.45) is 11.8 Å². The lowest BCUT2D eigenvalue weighted by Gasteiger charge is -2.54. The molecule has 6 rings (SSSR count). The first-order valence-electron chi connectivity index (χ1n) is 12.5. The van der Waals surface area contributed by atoms with Crippen LogP contribution in [0, 0.1) is 11.8 Å². The second-order valence-corrected chi connectivity index (χ2v) is 10.3. The molecule has 4 atom stereocenters. The summed E-state index contributed by atoms with van der Waals surface area (Å²) in [5.41, 5.74) is 3.44. The molecule has 5 aliphatic rings. The number of hydrogen-bond donors (Lipinski definition) is 1. The fraction of sp³-hybridized carbons (Fsp3) is 0.615. The third kappa shape index (κ3) is 3.62. The van der Waals surface area contributed by atoms with Gasteiger partial charge in [0.25, 0.3) is 5.91 Å². The molecule has 0 spiro atoms. The van der Waals surface area contributed by atoms with Gasteiger partial charge in [0.1, 0.15) is 5.75 Å². The highest BCUT2D eigenvalue weighted by Crippen LogP contribution is 2.45. The van der Waals surface area contributed by atoms with Gasteiger partial charge < -0.3 is 15.0 Å². The molecule has 0 saturated carbocycles. The van der Waals surface area contributed by atoms with E-state index in [9.17, 15) is 9.59 Å². The highest BCUT2D eigenvalue weighted by molar-refractivity contribution is 5.94. The minimum absolute atomic E-state index is 0.0392. The molecular formula is C26H33N3O3. The van der Waals surface area contributed by atoms with E-state index in [0.29, 0.717) is 24.0 Å². The highest BCUT2D eigenvalue weighted by Gasteiger charge is 2.46. The van der Waals surface area contributed by atoms with E-state index in [4.69, 9.17) is 4.74 Å². The van der Waals surface area contributed by atoms with Crippen LogP contribution < -0.4 is 10.1 Å². The maximum Gasteiger partial charge on any atom is 0.261 e. The topological polar surface area (TPSA) is 61.9 Å². The highest BCUT2D eigenvalue weighted by atomic mass is 16.5. The molecule has 1 N–H and O–H groups in total. The molecule has 32 heavy (non-hydrogen) atoms. The molecule has 0 aromatic heterocycles. The number of benzene rings is 1. The lowest BCUT2D eigenvalue weighted by atomic mass is 9.68. The summed E-state index contributed by atoms with van der Waals surface area (Å²) >= 11 is 0. The van der Waals surface area contributed by atoms with Crippen molar-refractivity contribution in [2.45, 2.75) is 63.5 Å². The number of ether oxygens (including phenoxy) is 1. The number of hydrogen-bond acceptors (Lipinski definition) is 4. The Labute approximate surface area is 190 Å². The molecule has 1 aliphatic carbocycles. The molecule has 3 fully saturated rings. The van der Waals surface area contributed by atoms with E-state index in [0.717, 1.165) is 49.6 Å². The third-order valence-corrected chi connectivity index (χ3v) is 8.32. The Kier molecular flexibility index (Phi) is 5.21. The molecule has 6 heteroatoms. The zero-order valence-electron chi connectivity index (χ0n) is 18.7. The average molecular weight is 436 g/mol. The van der Waals surface area contributed by atoms with Gasteiger partial charge in [0, 0.05) is 37.3 Å². The predicted molar refractivity (Wildman–Crippen MR) is 123 cm³/mol. The van der Waals surface area contributed by atoms with Gasteiger partial charge in [-0.3, -0.25) is 14.5 Å². The molecule has 170 valence electrons. The van der Waals surface area contributed by atoms with Crippen molar-refractivity contribution in [3.63, 3.8) is 0 Å². The van der Waals surface area contributed by atoms with Gasteiger partial charge in [0.2, 0.25) is 5.91 Å². The molecule has 4 unspecified atom stereocenters. The SMILES string of the molecule is O=C1CCc2ccc(OCC(=O)N3CCCC4=CC5CC(CN6CCCCC56)C43)cc2N1. The van der Waals surface area contributed by atoms with E-state index in [1.165, 1.54) is 37.8 Å². The molecule has 3 saturated heterocycles. The number of amides is 2. The van der Waals surface area contributed by atoms with Gasteiger partial charge in [-0.05, 0) is 68.5 Å². The van der Waals surface area contributed by atoms with Crippen molar-refractivity contribution in [1.29, 1.82) is 0 Å². The number of carbonyl (C=O) groups excluding carboxylic acids is 2. The number of fused-ring (bicyclic) bond motifs is 7. The number of piperidine rings is 3. The molecule has 1 aromatic carbocycles. The maximum atomic E-state index is 13.3. The number of anilines is 1. The van der Waals surface area contributed by atoms with E-state index in [2.05, 4.69) is 21.2 Å². The van der Waals surface area contributed by atoms with Crippen LogP contribution in [0.15, 0.2) is 29.8 Å². The first kappa shape index (κ1) is 20.3. The van der Waals surface area contributed by atoms with E-state index in [1.54, 1.807) is 0 Å². The van der Waals surface area contributed by atoms with Gasteiger partial charge in [-0.25, -0.2) is 0 Å². The summed E-state index contributed by atoms with van der Waals surface area (Å²) in [6, 6.07) is 6.74. The fourth-order valence-corrected chi connectivity index (χ4v) is 6.92. The monoisotopic (exact) mass is 435 g/mol. The van der Waals surface area contributed by atoms with Crippen LogP contribution in [-0.4, -0.2) is 59.9 Å². The smallest absolute Gasteiger partial charge is 0.261 e. The quantitative estimate of drug-likeness (QED) is 0.740. The van der Waals surface area contributed by atoms with Gasteiger partial charge in [-0.1, -0.05) is 24.1 Å². The predicted octanol–water partition coefficient (Wildman–Crippen LogP) is 3.37. The number of nitrogens with zero attached hydrogens (tertiary/aromatic N) is 2. The lowest BCUT2D eigenvalue weighted by Crippen LogP contribution is -2.60. The number of aryl methyl sites for hydroxylation is 1. The molecule has 2 amide bonds. The molecule has 2 bridgehead atoms. The Bertz CT molecular complexity index is 958. The van der Waals surface area contributed by atoms with Crippen LogP contribution in [0.25, 0.3) is 0 Å². The number of rotatable bonds is 3. The Morgan fingerprint density at radius 1 is 1.12 bits per heavy atom. The summed E-state index contributed by atoms with van der Waals surface area (Å²) in [6.45, 7) is 3.24. The summed E-state index contributed by atoms with van der Waals surface area (Å²) in [7, 11) is 0. The van der Waals surface area contributed by atoms with Crippen LogP contribution in [0.5, 0.6) is 5.75 Å². The summed E-state index contributed by atoms with van der Waals surface area (Å²) in [6.07, 6.45) is 11.3. The fourth-order valence-electron chi connectivity index (χ4n) is 6.92. The molecule has 0 radical (unpaired) electrons. The molecule has 4 aliphatic heterocycles. The van der Waals surface area contributed by atoms with Gasteiger partial charge in [-0.15, -0.1) is 0 Å². The Morgan fingerprint density at radius 3 is 3.00 bits per heavy atom. The Morgan fingerprint density at radius 2 is 2.06 bits per heavy atom. The second kappa shape index (κ2) is 8.22. The van der Waals surface area contributed by atoms with Crippen LogP contribution in [0.4, 0.5) is 5.69 Å². The number of likely N-dealkylation sites (tertiary alicyclic amines) is 1. The minimum atomic E-state index is 0.0392. The van der Waals surface area contributed by atoms with Crippen molar-refractivity contribution in [1.82, 2.24) is 9.80 Å². The van der Waals surface area contributed by atoms with Crippen LogP contribution in [0.1, 0.15) is 50.5 Å². The van der Waals surface area contributed by atoms with Gasteiger partial charge in [-0.2, -0.15) is 0 Å². The first-order chi connectivity index (χ1) is 15.7. The molecule has 1 aromatic rings. The Balaban J connectivity index is 1.16. The molecule has 4 heterocycles. The average Bonchev–Trinajstić information content (AvgIpc) is 2.82. The summed E-state index contributed by atoms with van der Waals surface area (Å²) in [5, 5.41) is 2.91. The summed E-state index contributed by atoms with van der Waals surface area (Å²) in [5.74, 6) is 2.00. The van der Waals surface area contributed by atoms with Crippen molar-refractivity contribution in [3.8, 4) is 5.75 Å². The van der Waals surface area contributed by atoms with E-state index < -0.39 is 0 Å². The largest absolute Gasteiger partial charge is 0.484 e. The van der Waals surface area contributed by atoms with Crippen LogP contribution in [0.3, 0.4) is 0 Å². The zero-order chi connectivity index (χ0) is 21.7. The van der Waals surface area contributed by atoms with Crippen LogP contribution in [0.2, 0.25) is 0 Å². The second-order valence-electron chi connectivity index (χ2n) is 10.3. The lowest BCUT2D eigenvalue weighted by molar-refractivity contribution is -0.138. The van der Waals surface area contributed by atoms with Crippen molar-refractivity contribution in [2.75, 3.05) is 31.6 Å². The summed E-state index contributed by atoms with van der Waals surface area (Å²) < 4.78 is 5.92. The maximum absolute atomic E-state index is 13.3. The van der Waals surface area contributed by atoms with Crippen molar-refractivity contribution < 1.29 is 14.3 Å². The number of carbonyl (C=O) groups is 2. The normalized spacial score (nSPS) is 31.6. The van der Waals surface area contributed by atoms with Gasteiger partial charge in [0.05, 0.1) is 6.04 Å². The van der Waals surface area contributed by atoms with Crippen molar-refractivity contribution >= 4 is 17.5 Å². The molecule has 6 nitrogen and oxygen atoms in total. The molecular weight excluding hydrogens is 402 g/mol. The first-order valence-corrected chi connectivity index (χ1v) is 12.5. The Hall–Kier alpha value is -2.34.